The van der Waals surface area contributed by atoms with Gasteiger partial charge in [-0.1, -0.05) is 0 Å². The summed E-state index contributed by atoms with van der Waals surface area (Å²) >= 11 is 1.83. The number of piperidine rings is 1. The molecule has 0 bridgehead atoms. The van der Waals surface area contributed by atoms with E-state index in [0.717, 1.165) is 12.5 Å². The summed E-state index contributed by atoms with van der Waals surface area (Å²) < 4.78 is 0. The van der Waals surface area contributed by atoms with Gasteiger partial charge in [-0.2, -0.15) is 0 Å². The van der Waals surface area contributed by atoms with Gasteiger partial charge in [0.15, 0.2) is 0 Å². The molecule has 0 aromatic carbocycles. The predicted molar refractivity (Wildman–Crippen MR) is 78.2 cm³/mol. The molecule has 0 saturated carbocycles. The Bertz CT molecular complexity index is 388. The molecule has 1 N–H and O–H groups in total. The second kappa shape index (κ2) is 6.13. The number of aryl methyl sites for hydroxylation is 2. The minimum atomic E-state index is 0.434. The Labute approximate surface area is 115 Å². The van der Waals surface area contributed by atoms with Crippen LogP contribution in [0.2, 0.25) is 0 Å². The van der Waals surface area contributed by atoms with Crippen LogP contribution in [-0.4, -0.2) is 36.6 Å². The standard InChI is InChI=1S/C14H25N3S/c1-10(14-11(2)16-12(3)18-14)15-8-13-6-5-7-17(4)9-13/h10,13,15H,5-9H2,1-4H3. The van der Waals surface area contributed by atoms with E-state index >= 15 is 0 Å². The minimum Gasteiger partial charge on any atom is -0.309 e. The number of likely N-dealkylation sites (tertiary alicyclic amines) is 1. The smallest absolute Gasteiger partial charge is 0.0900 e. The summed E-state index contributed by atoms with van der Waals surface area (Å²) in [6.45, 7) is 10.1. The molecule has 0 aliphatic carbocycles. The molecule has 0 amide bonds. The fourth-order valence-corrected chi connectivity index (χ4v) is 3.78. The van der Waals surface area contributed by atoms with E-state index in [9.17, 15) is 0 Å². The summed E-state index contributed by atoms with van der Waals surface area (Å²) in [6.07, 6.45) is 2.71. The third-order valence-corrected chi connectivity index (χ3v) is 5.02. The van der Waals surface area contributed by atoms with Crippen LogP contribution >= 0.6 is 11.3 Å². The summed E-state index contributed by atoms with van der Waals surface area (Å²) in [5.74, 6) is 0.806. The lowest BCUT2D eigenvalue weighted by atomic mass is 9.98. The molecule has 0 spiro atoms. The highest BCUT2D eigenvalue weighted by molar-refractivity contribution is 7.11. The maximum atomic E-state index is 4.51. The van der Waals surface area contributed by atoms with Gasteiger partial charge in [-0.25, -0.2) is 4.98 Å². The van der Waals surface area contributed by atoms with Gasteiger partial charge in [0.25, 0.3) is 0 Å². The van der Waals surface area contributed by atoms with Gasteiger partial charge in [0.1, 0.15) is 0 Å². The fourth-order valence-electron chi connectivity index (χ4n) is 2.82. The second-order valence-corrected chi connectivity index (χ2v) is 6.82. The van der Waals surface area contributed by atoms with Crippen LogP contribution in [0.5, 0.6) is 0 Å². The zero-order chi connectivity index (χ0) is 13.1. The van der Waals surface area contributed by atoms with Crippen molar-refractivity contribution in [1.82, 2.24) is 15.2 Å². The molecular formula is C14H25N3S. The second-order valence-electron chi connectivity index (χ2n) is 5.58. The van der Waals surface area contributed by atoms with Crippen molar-refractivity contribution in [2.45, 2.75) is 39.7 Å². The van der Waals surface area contributed by atoms with Gasteiger partial charge in [0.2, 0.25) is 0 Å². The Balaban J connectivity index is 1.84. The fraction of sp³-hybridized carbons (Fsp3) is 0.786. The van der Waals surface area contributed by atoms with Gasteiger partial charge in [-0.3, -0.25) is 0 Å². The molecule has 4 heteroatoms. The van der Waals surface area contributed by atoms with E-state index in [-0.39, 0.29) is 0 Å². The molecule has 2 rings (SSSR count). The molecule has 1 saturated heterocycles. The van der Waals surface area contributed by atoms with Gasteiger partial charge >= 0.3 is 0 Å². The number of thiazole rings is 1. The maximum Gasteiger partial charge on any atom is 0.0900 e. The largest absolute Gasteiger partial charge is 0.309 e. The van der Waals surface area contributed by atoms with E-state index in [4.69, 9.17) is 0 Å². The molecule has 102 valence electrons. The monoisotopic (exact) mass is 267 g/mol. The van der Waals surface area contributed by atoms with Gasteiger partial charge in [0.05, 0.1) is 10.7 Å². The summed E-state index contributed by atoms with van der Waals surface area (Å²) in [7, 11) is 2.23. The number of hydrogen-bond donors (Lipinski definition) is 1. The summed E-state index contributed by atoms with van der Waals surface area (Å²) in [5.41, 5.74) is 1.19. The van der Waals surface area contributed by atoms with Crippen molar-refractivity contribution in [3.05, 3.63) is 15.6 Å². The van der Waals surface area contributed by atoms with Gasteiger partial charge in [0, 0.05) is 17.5 Å². The zero-order valence-electron chi connectivity index (χ0n) is 12.0. The van der Waals surface area contributed by atoms with E-state index in [1.807, 2.05) is 11.3 Å². The molecule has 0 radical (unpaired) electrons. The first kappa shape index (κ1) is 14.0. The molecular weight excluding hydrogens is 242 g/mol. The molecule has 1 aliphatic heterocycles. The number of nitrogens with one attached hydrogen (secondary N) is 1. The zero-order valence-corrected chi connectivity index (χ0v) is 12.8. The van der Waals surface area contributed by atoms with Crippen LogP contribution in [-0.2, 0) is 0 Å². The SMILES string of the molecule is Cc1nc(C)c(C(C)NCC2CCCN(C)C2)s1. The van der Waals surface area contributed by atoms with E-state index in [1.54, 1.807) is 0 Å². The van der Waals surface area contributed by atoms with E-state index < -0.39 is 0 Å². The van der Waals surface area contributed by atoms with Gasteiger partial charge < -0.3 is 10.2 Å². The molecule has 2 unspecified atom stereocenters. The molecule has 1 fully saturated rings. The van der Waals surface area contributed by atoms with E-state index in [1.165, 1.54) is 41.5 Å². The molecule has 2 atom stereocenters. The molecule has 1 aromatic rings. The topological polar surface area (TPSA) is 28.2 Å². The van der Waals surface area contributed by atoms with Crippen LogP contribution in [0, 0.1) is 19.8 Å². The average Bonchev–Trinajstić information content (AvgIpc) is 2.66. The molecule has 18 heavy (non-hydrogen) atoms. The van der Waals surface area contributed by atoms with Crippen LogP contribution in [0.1, 0.15) is 41.4 Å². The van der Waals surface area contributed by atoms with E-state index in [0.29, 0.717) is 6.04 Å². The van der Waals surface area contributed by atoms with Gasteiger partial charge in [-0.05, 0) is 59.7 Å². The minimum absolute atomic E-state index is 0.434. The Morgan fingerprint density at radius 1 is 1.50 bits per heavy atom. The van der Waals surface area contributed by atoms with Crippen LogP contribution in [0.3, 0.4) is 0 Å². The van der Waals surface area contributed by atoms with Crippen molar-refractivity contribution in [3.63, 3.8) is 0 Å². The lowest BCUT2D eigenvalue weighted by molar-refractivity contribution is 0.203. The van der Waals surface area contributed by atoms with Crippen molar-refractivity contribution in [2.24, 2.45) is 5.92 Å². The van der Waals surface area contributed by atoms with Crippen LogP contribution in [0.25, 0.3) is 0 Å². The molecule has 1 aromatic heterocycles. The Morgan fingerprint density at radius 3 is 2.89 bits per heavy atom. The van der Waals surface area contributed by atoms with Gasteiger partial charge in [-0.15, -0.1) is 11.3 Å². The van der Waals surface area contributed by atoms with E-state index in [2.05, 4.69) is 43.0 Å². The first-order valence-electron chi connectivity index (χ1n) is 6.92. The highest BCUT2D eigenvalue weighted by Crippen LogP contribution is 2.25. The number of nitrogens with zero attached hydrogens (tertiary/aromatic N) is 2. The Hall–Kier alpha value is -0.450. The normalized spacial score (nSPS) is 23.2. The highest BCUT2D eigenvalue weighted by atomic mass is 32.1. The Kier molecular flexibility index (Phi) is 4.76. The van der Waals surface area contributed by atoms with Crippen molar-refractivity contribution < 1.29 is 0 Å². The third-order valence-electron chi connectivity index (χ3n) is 3.77. The highest BCUT2D eigenvalue weighted by Gasteiger charge is 2.19. The maximum absolute atomic E-state index is 4.51. The van der Waals surface area contributed by atoms with Crippen LogP contribution in [0.4, 0.5) is 0 Å². The van der Waals surface area contributed by atoms with Crippen molar-refractivity contribution in [1.29, 1.82) is 0 Å². The lowest BCUT2D eigenvalue weighted by Crippen LogP contribution is -2.37. The number of aromatic nitrogens is 1. The van der Waals surface area contributed by atoms with Crippen LogP contribution < -0.4 is 5.32 Å². The predicted octanol–water partition coefficient (Wildman–Crippen LogP) is 2.75. The quantitative estimate of drug-likeness (QED) is 0.909. The molecule has 3 nitrogen and oxygen atoms in total. The van der Waals surface area contributed by atoms with Crippen molar-refractivity contribution in [3.8, 4) is 0 Å². The van der Waals surface area contributed by atoms with Crippen molar-refractivity contribution in [2.75, 3.05) is 26.7 Å². The average molecular weight is 267 g/mol. The number of hydrogen-bond acceptors (Lipinski definition) is 4. The first-order chi connectivity index (χ1) is 8.56. The lowest BCUT2D eigenvalue weighted by Gasteiger charge is -2.30. The first-order valence-corrected chi connectivity index (χ1v) is 7.73. The molecule has 1 aliphatic rings. The summed E-state index contributed by atoms with van der Waals surface area (Å²) in [5, 5.41) is 4.86. The summed E-state index contributed by atoms with van der Waals surface area (Å²) in [4.78, 5) is 8.36. The summed E-state index contributed by atoms with van der Waals surface area (Å²) in [6, 6.07) is 0.434. The number of rotatable bonds is 4. The van der Waals surface area contributed by atoms with Crippen LogP contribution in [0.15, 0.2) is 0 Å². The molecule has 2 heterocycles. The third kappa shape index (κ3) is 3.53. The Morgan fingerprint density at radius 2 is 2.28 bits per heavy atom. The van der Waals surface area contributed by atoms with Crippen molar-refractivity contribution >= 4 is 11.3 Å².